The van der Waals surface area contributed by atoms with Crippen LogP contribution in [0.15, 0.2) is 35.6 Å². The molecule has 1 atom stereocenters. The number of H-pyrrole nitrogens is 1. The van der Waals surface area contributed by atoms with Crippen molar-refractivity contribution in [2.24, 2.45) is 5.73 Å². The third kappa shape index (κ3) is 3.18. The number of nitrogens with one attached hydrogen (secondary N) is 1. The van der Waals surface area contributed by atoms with Crippen molar-refractivity contribution >= 4 is 50.2 Å². The van der Waals surface area contributed by atoms with Gasteiger partial charge in [-0.15, -0.1) is 0 Å². The summed E-state index contributed by atoms with van der Waals surface area (Å²) in [5, 5.41) is 7.58. The topological polar surface area (TPSA) is 140 Å². The van der Waals surface area contributed by atoms with Crippen LogP contribution in [0.2, 0.25) is 5.02 Å². The molecule has 1 aliphatic heterocycles. The van der Waals surface area contributed by atoms with Gasteiger partial charge < -0.3 is 20.9 Å². The second-order valence-corrected chi connectivity index (χ2v) is 8.63. The number of hydrogen-bond donors (Lipinski definition) is 3. The van der Waals surface area contributed by atoms with Crippen molar-refractivity contribution in [1.29, 1.82) is 0 Å². The number of anilines is 2. The monoisotopic (exact) mass is 488 g/mol. The molecule has 0 amide bonds. The van der Waals surface area contributed by atoms with E-state index in [4.69, 9.17) is 23.1 Å². The van der Waals surface area contributed by atoms with Crippen molar-refractivity contribution in [3.8, 4) is 0 Å². The van der Waals surface area contributed by atoms with Crippen LogP contribution < -0.4 is 16.4 Å². The van der Waals surface area contributed by atoms with E-state index in [-0.39, 0.29) is 0 Å². The Labute approximate surface area is 184 Å². The van der Waals surface area contributed by atoms with Gasteiger partial charge in [0, 0.05) is 33.8 Å². The number of nitrogen functional groups attached to an aromatic ring is 1. The standard InChI is InChI=1S/C18H18BrClN10/c19-12-3-10(20)4-13(29-2-1-18(22,6-29)17-25-8-27-28-17)11(12)5-30-9-26-14-15(21)23-7-24-16(14)30/h3-4,7-9H,1-2,5-6,22H2,(H2,21,23,24)(H,25,27,28). The van der Waals surface area contributed by atoms with Gasteiger partial charge in [0.1, 0.15) is 18.2 Å². The van der Waals surface area contributed by atoms with E-state index in [1.54, 1.807) is 12.7 Å². The molecule has 12 heteroatoms. The fraction of sp³-hybridized carbons (Fsp3) is 0.278. The number of aromatic amines is 1. The van der Waals surface area contributed by atoms with Crippen molar-refractivity contribution < 1.29 is 0 Å². The lowest BCUT2D eigenvalue weighted by molar-refractivity contribution is 0.467. The van der Waals surface area contributed by atoms with Crippen molar-refractivity contribution in [2.75, 3.05) is 23.7 Å². The summed E-state index contributed by atoms with van der Waals surface area (Å²) in [4.78, 5) is 19.2. The number of fused-ring (bicyclic) bond motifs is 1. The number of aromatic nitrogens is 7. The van der Waals surface area contributed by atoms with Crippen LogP contribution in [0.3, 0.4) is 0 Å². The molecule has 5 rings (SSSR count). The number of nitrogens with two attached hydrogens (primary N) is 2. The highest BCUT2D eigenvalue weighted by molar-refractivity contribution is 9.10. The van der Waals surface area contributed by atoms with Crippen molar-refractivity contribution in [1.82, 2.24) is 34.7 Å². The highest BCUT2D eigenvalue weighted by Gasteiger charge is 2.40. The molecular formula is C18H18BrClN10. The molecule has 1 saturated heterocycles. The normalized spacial score (nSPS) is 19.1. The Bertz CT molecular complexity index is 1220. The van der Waals surface area contributed by atoms with Crippen LogP contribution in [0.1, 0.15) is 17.8 Å². The van der Waals surface area contributed by atoms with Gasteiger partial charge in [0.2, 0.25) is 0 Å². The van der Waals surface area contributed by atoms with Gasteiger partial charge in [-0.1, -0.05) is 27.5 Å². The summed E-state index contributed by atoms with van der Waals surface area (Å²) in [6, 6.07) is 3.83. The Balaban J connectivity index is 1.53. The number of imidazole rings is 1. The van der Waals surface area contributed by atoms with Crippen LogP contribution >= 0.6 is 27.5 Å². The molecule has 4 aromatic rings. The average Bonchev–Trinajstić information content (AvgIpc) is 3.45. The van der Waals surface area contributed by atoms with E-state index in [1.807, 2.05) is 16.7 Å². The first-order chi connectivity index (χ1) is 14.4. The third-order valence-corrected chi connectivity index (χ3v) is 6.32. The van der Waals surface area contributed by atoms with Gasteiger partial charge >= 0.3 is 0 Å². The van der Waals surface area contributed by atoms with Gasteiger partial charge in [0.25, 0.3) is 0 Å². The molecule has 1 aliphatic rings. The molecule has 1 fully saturated rings. The number of halogens is 2. The molecular weight excluding hydrogens is 472 g/mol. The predicted octanol–water partition coefficient (Wildman–Crippen LogP) is 2.06. The number of benzene rings is 1. The van der Waals surface area contributed by atoms with Gasteiger partial charge in [-0.25, -0.2) is 19.9 Å². The Morgan fingerprint density at radius 3 is 2.90 bits per heavy atom. The smallest absolute Gasteiger partial charge is 0.171 e. The minimum absolute atomic E-state index is 0.355. The zero-order valence-corrected chi connectivity index (χ0v) is 18.1. The Morgan fingerprint density at radius 1 is 1.23 bits per heavy atom. The van der Waals surface area contributed by atoms with Crippen LogP contribution in [-0.2, 0) is 12.1 Å². The predicted molar refractivity (Wildman–Crippen MR) is 117 cm³/mol. The summed E-state index contributed by atoms with van der Waals surface area (Å²) in [5.41, 5.74) is 15.2. The number of hydrogen-bond acceptors (Lipinski definition) is 8. The fourth-order valence-electron chi connectivity index (χ4n) is 3.88. The van der Waals surface area contributed by atoms with Crippen LogP contribution in [0, 0.1) is 0 Å². The molecule has 1 aromatic carbocycles. The molecule has 4 heterocycles. The molecule has 154 valence electrons. The van der Waals surface area contributed by atoms with Crippen molar-refractivity contribution in [2.45, 2.75) is 18.5 Å². The number of nitrogens with zero attached hydrogens (tertiary/aromatic N) is 7. The summed E-state index contributed by atoms with van der Waals surface area (Å²) >= 11 is 10.1. The molecule has 10 nitrogen and oxygen atoms in total. The first-order valence-electron chi connectivity index (χ1n) is 9.24. The zero-order valence-electron chi connectivity index (χ0n) is 15.8. The van der Waals surface area contributed by atoms with E-state index >= 15 is 0 Å². The third-order valence-electron chi connectivity index (χ3n) is 5.40. The first-order valence-corrected chi connectivity index (χ1v) is 10.4. The second-order valence-electron chi connectivity index (χ2n) is 7.34. The average molecular weight is 490 g/mol. The van der Waals surface area contributed by atoms with Crippen LogP contribution in [0.5, 0.6) is 0 Å². The zero-order chi connectivity index (χ0) is 20.9. The summed E-state index contributed by atoms with van der Waals surface area (Å²) in [7, 11) is 0. The molecule has 0 radical (unpaired) electrons. The lowest BCUT2D eigenvalue weighted by Gasteiger charge is -2.26. The Hall–Kier alpha value is -2.76. The summed E-state index contributed by atoms with van der Waals surface area (Å²) < 4.78 is 2.83. The summed E-state index contributed by atoms with van der Waals surface area (Å²) in [5.74, 6) is 0.966. The van der Waals surface area contributed by atoms with Crippen LogP contribution in [0.4, 0.5) is 11.5 Å². The molecule has 3 aromatic heterocycles. The van der Waals surface area contributed by atoms with Crippen molar-refractivity contribution in [3.05, 3.63) is 52.0 Å². The fourth-order valence-corrected chi connectivity index (χ4v) is 4.80. The van der Waals surface area contributed by atoms with E-state index in [1.165, 1.54) is 6.33 Å². The molecule has 30 heavy (non-hydrogen) atoms. The van der Waals surface area contributed by atoms with Crippen LogP contribution in [-0.4, -0.2) is 47.8 Å². The Kier molecular flexibility index (Phi) is 4.60. The van der Waals surface area contributed by atoms with E-state index in [2.05, 4.69) is 51.0 Å². The quantitative estimate of drug-likeness (QED) is 0.395. The van der Waals surface area contributed by atoms with Gasteiger partial charge in [0.15, 0.2) is 17.3 Å². The summed E-state index contributed by atoms with van der Waals surface area (Å²) in [6.45, 7) is 1.85. The highest BCUT2D eigenvalue weighted by Crippen LogP contribution is 2.38. The van der Waals surface area contributed by atoms with Gasteiger partial charge in [0.05, 0.1) is 18.4 Å². The second kappa shape index (κ2) is 7.18. The minimum atomic E-state index is -0.630. The molecule has 0 aliphatic carbocycles. The number of rotatable bonds is 4. The van der Waals surface area contributed by atoms with Crippen LogP contribution in [0.25, 0.3) is 11.2 Å². The maximum absolute atomic E-state index is 6.63. The molecule has 0 saturated carbocycles. The summed E-state index contributed by atoms with van der Waals surface area (Å²) in [6.07, 6.45) is 5.43. The minimum Gasteiger partial charge on any atom is -0.382 e. The van der Waals surface area contributed by atoms with Gasteiger partial charge in [-0.3, -0.25) is 5.10 Å². The largest absolute Gasteiger partial charge is 0.382 e. The van der Waals surface area contributed by atoms with E-state index in [9.17, 15) is 0 Å². The highest BCUT2D eigenvalue weighted by atomic mass is 79.9. The molecule has 0 spiro atoms. The van der Waals surface area contributed by atoms with E-state index in [0.717, 1.165) is 28.7 Å². The maximum Gasteiger partial charge on any atom is 0.171 e. The van der Waals surface area contributed by atoms with E-state index < -0.39 is 5.54 Å². The molecule has 5 N–H and O–H groups in total. The van der Waals surface area contributed by atoms with Gasteiger partial charge in [-0.2, -0.15) is 5.10 Å². The molecule has 0 bridgehead atoms. The Morgan fingerprint density at radius 2 is 2.10 bits per heavy atom. The lowest BCUT2D eigenvalue weighted by atomic mass is 9.99. The maximum atomic E-state index is 6.63. The first kappa shape index (κ1) is 19.2. The van der Waals surface area contributed by atoms with Crippen molar-refractivity contribution in [3.63, 3.8) is 0 Å². The van der Waals surface area contributed by atoms with E-state index in [0.29, 0.717) is 40.9 Å². The lowest BCUT2D eigenvalue weighted by Crippen LogP contribution is -2.41. The van der Waals surface area contributed by atoms with Gasteiger partial charge in [-0.05, 0) is 18.6 Å². The molecule has 1 unspecified atom stereocenters. The SMILES string of the molecule is Nc1ncnc2c1ncn2Cc1c(Br)cc(Cl)cc1N1CCC(N)(c2nc[nH]n2)C1.